The lowest BCUT2D eigenvalue weighted by atomic mass is 10.0. The first-order valence-corrected chi connectivity index (χ1v) is 8.80. The zero-order valence-corrected chi connectivity index (χ0v) is 15.8. The summed E-state index contributed by atoms with van der Waals surface area (Å²) in [6.45, 7) is 4.07. The van der Waals surface area contributed by atoms with E-state index in [1.165, 1.54) is 24.5 Å². The summed E-state index contributed by atoms with van der Waals surface area (Å²) in [5.41, 5.74) is 2.12. The smallest absolute Gasteiger partial charge is 0.335 e. The van der Waals surface area contributed by atoms with Crippen molar-refractivity contribution in [3.63, 3.8) is 0 Å². The third kappa shape index (κ3) is 4.29. The molecule has 0 fully saturated rings. The fourth-order valence-electron chi connectivity index (χ4n) is 2.63. The number of aromatic amines is 1. The van der Waals surface area contributed by atoms with Crippen LogP contribution in [0.25, 0.3) is 5.69 Å². The second-order valence-corrected chi connectivity index (χ2v) is 6.51. The molecule has 2 aromatic heterocycles. The molecule has 0 bridgehead atoms. The van der Waals surface area contributed by atoms with Crippen LogP contribution in [0.4, 0.5) is 0 Å². The number of carbonyl (C=O) groups excluding carboxylic acids is 1. The number of hydrogen-bond donors (Lipinski definition) is 3. The topological polar surface area (TPSA) is 129 Å². The van der Waals surface area contributed by atoms with Crippen molar-refractivity contribution in [1.29, 1.82) is 0 Å². The molecule has 1 amide bonds. The van der Waals surface area contributed by atoms with Gasteiger partial charge in [0.05, 0.1) is 11.9 Å². The van der Waals surface area contributed by atoms with Crippen molar-refractivity contribution in [1.82, 2.24) is 20.0 Å². The van der Waals surface area contributed by atoms with Crippen LogP contribution in [0.3, 0.4) is 0 Å². The van der Waals surface area contributed by atoms with Gasteiger partial charge in [-0.1, -0.05) is 26.0 Å². The largest absolute Gasteiger partial charge is 0.493 e. The summed E-state index contributed by atoms with van der Waals surface area (Å²) in [6.07, 6.45) is 3.89. The van der Waals surface area contributed by atoms with Crippen LogP contribution in [-0.4, -0.2) is 31.8 Å². The van der Waals surface area contributed by atoms with Gasteiger partial charge in [0.1, 0.15) is 5.56 Å². The highest BCUT2D eigenvalue weighted by atomic mass is 16.3. The van der Waals surface area contributed by atoms with Gasteiger partial charge in [-0.05, 0) is 35.7 Å². The number of aromatic hydroxyl groups is 1. The van der Waals surface area contributed by atoms with Crippen molar-refractivity contribution in [2.24, 2.45) is 5.10 Å². The van der Waals surface area contributed by atoms with Gasteiger partial charge < -0.3 is 5.11 Å². The zero-order valence-electron chi connectivity index (χ0n) is 15.8. The quantitative estimate of drug-likeness (QED) is 0.447. The summed E-state index contributed by atoms with van der Waals surface area (Å²) in [5, 5.41) is 14.2. The number of carbonyl (C=O) groups is 1. The van der Waals surface area contributed by atoms with Crippen molar-refractivity contribution >= 4 is 12.1 Å². The Morgan fingerprint density at radius 1 is 1.17 bits per heavy atom. The number of benzene rings is 1. The molecule has 0 aliphatic heterocycles. The molecule has 29 heavy (non-hydrogen) atoms. The van der Waals surface area contributed by atoms with Crippen molar-refractivity contribution in [2.45, 2.75) is 19.8 Å². The Bertz CT molecular complexity index is 1160. The molecule has 0 spiro atoms. The molecule has 3 aromatic rings. The van der Waals surface area contributed by atoms with Crippen LogP contribution in [0.2, 0.25) is 0 Å². The van der Waals surface area contributed by atoms with Gasteiger partial charge in [0.15, 0.2) is 0 Å². The van der Waals surface area contributed by atoms with Gasteiger partial charge in [0.2, 0.25) is 5.88 Å². The molecule has 2 heterocycles. The van der Waals surface area contributed by atoms with E-state index >= 15 is 0 Å². The molecule has 0 atom stereocenters. The van der Waals surface area contributed by atoms with Crippen LogP contribution in [0.15, 0.2) is 63.5 Å². The summed E-state index contributed by atoms with van der Waals surface area (Å²) in [7, 11) is 0. The van der Waals surface area contributed by atoms with Gasteiger partial charge in [0, 0.05) is 18.0 Å². The summed E-state index contributed by atoms with van der Waals surface area (Å²) < 4.78 is 0.956. The Kier molecular flexibility index (Phi) is 5.68. The lowest BCUT2D eigenvalue weighted by Gasteiger charge is -2.11. The molecule has 0 saturated carbocycles. The van der Waals surface area contributed by atoms with Gasteiger partial charge in [0.25, 0.3) is 11.5 Å². The summed E-state index contributed by atoms with van der Waals surface area (Å²) >= 11 is 0. The van der Waals surface area contributed by atoms with Gasteiger partial charge in [-0.3, -0.25) is 19.6 Å². The van der Waals surface area contributed by atoms with E-state index in [4.69, 9.17) is 0 Å². The highest BCUT2D eigenvalue weighted by Crippen LogP contribution is 2.19. The first-order valence-electron chi connectivity index (χ1n) is 8.80. The van der Waals surface area contributed by atoms with E-state index in [0.29, 0.717) is 17.2 Å². The number of rotatable bonds is 5. The minimum absolute atomic E-state index is 0.271. The van der Waals surface area contributed by atoms with E-state index in [0.717, 1.165) is 16.3 Å². The number of hydrogen-bond acceptors (Lipinski definition) is 6. The third-order valence-corrected chi connectivity index (χ3v) is 4.24. The fourth-order valence-corrected chi connectivity index (χ4v) is 2.63. The lowest BCUT2D eigenvalue weighted by Crippen LogP contribution is -2.31. The Morgan fingerprint density at radius 2 is 1.83 bits per heavy atom. The molecular weight excluding hydrogens is 374 g/mol. The number of nitrogens with zero attached hydrogens (tertiary/aromatic N) is 3. The fraction of sp³-hybridized carbons (Fsp3) is 0.150. The molecule has 0 aliphatic rings. The van der Waals surface area contributed by atoms with E-state index in [1.807, 2.05) is 26.0 Å². The average molecular weight is 393 g/mol. The Morgan fingerprint density at radius 3 is 2.45 bits per heavy atom. The second-order valence-electron chi connectivity index (χ2n) is 6.51. The molecular formula is C20H19N5O4. The SMILES string of the molecule is CC(C)c1ccc(-n2c(O)c(/C=N\NC(=O)c3ccncc3)c(=O)[nH]c2=O)cc1. The molecule has 0 radical (unpaired) electrons. The molecule has 0 aliphatic carbocycles. The predicted octanol–water partition coefficient (Wildman–Crippen LogP) is 1.51. The number of pyridine rings is 1. The summed E-state index contributed by atoms with van der Waals surface area (Å²) in [5.74, 6) is -0.799. The molecule has 1 aromatic carbocycles. The molecule has 0 unspecified atom stereocenters. The number of aromatic nitrogens is 3. The normalized spacial score (nSPS) is 11.1. The van der Waals surface area contributed by atoms with Crippen LogP contribution in [0.5, 0.6) is 5.88 Å². The average Bonchev–Trinajstić information content (AvgIpc) is 2.71. The van der Waals surface area contributed by atoms with Crippen LogP contribution in [0, 0.1) is 0 Å². The Hall–Kier alpha value is -4.01. The van der Waals surface area contributed by atoms with Gasteiger partial charge in [-0.2, -0.15) is 5.10 Å². The Labute approximate surface area is 165 Å². The summed E-state index contributed by atoms with van der Waals surface area (Å²) in [6, 6.07) is 9.99. The molecule has 148 valence electrons. The Balaban J connectivity index is 1.92. The number of H-pyrrole nitrogens is 1. The van der Waals surface area contributed by atoms with E-state index < -0.39 is 23.0 Å². The lowest BCUT2D eigenvalue weighted by molar-refractivity contribution is 0.0955. The van der Waals surface area contributed by atoms with Crippen molar-refractivity contribution < 1.29 is 9.90 Å². The van der Waals surface area contributed by atoms with Crippen LogP contribution >= 0.6 is 0 Å². The van der Waals surface area contributed by atoms with Crippen molar-refractivity contribution in [3.8, 4) is 11.6 Å². The van der Waals surface area contributed by atoms with Gasteiger partial charge >= 0.3 is 5.69 Å². The van der Waals surface area contributed by atoms with E-state index in [-0.39, 0.29) is 5.56 Å². The van der Waals surface area contributed by atoms with Crippen LogP contribution in [-0.2, 0) is 0 Å². The van der Waals surface area contributed by atoms with E-state index in [2.05, 4.69) is 20.5 Å². The second kappa shape index (κ2) is 8.34. The first-order chi connectivity index (χ1) is 13.9. The zero-order chi connectivity index (χ0) is 21.0. The maximum absolute atomic E-state index is 12.2. The first kappa shape index (κ1) is 19.7. The molecule has 0 saturated heterocycles. The highest BCUT2D eigenvalue weighted by molar-refractivity contribution is 5.94. The van der Waals surface area contributed by atoms with Crippen molar-refractivity contribution in [2.75, 3.05) is 0 Å². The molecule has 9 heteroatoms. The van der Waals surface area contributed by atoms with Crippen LogP contribution in [0.1, 0.15) is 41.3 Å². The molecule has 9 nitrogen and oxygen atoms in total. The number of nitrogens with one attached hydrogen (secondary N) is 2. The van der Waals surface area contributed by atoms with Crippen LogP contribution < -0.4 is 16.7 Å². The standard InChI is InChI=1S/C20H19N5O4/c1-12(2)13-3-5-15(6-4-13)25-19(28)16(18(27)23-20(25)29)11-22-24-17(26)14-7-9-21-10-8-14/h3-12,28H,1-2H3,(H,24,26)(H,23,27,29)/b22-11-. The predicted molar refractivity (Wildman–Crippen MR) is 108 cm³/mol. The maximum Gasteiger partial charge on any atom is 0.335 e. The summed E-state index contributed by atoms with van der Waals surface area (Å²) in [4.78, 5) is 42.2. The minimum Gasteiger partial charge on any atom is -0.493 e. The third-order valence-electron chi connectivity index (χ3n) is 4.24. The van der Waals surface area contributed by atoms with E-state index in [9.17, 15) is 19.5 Å². The van der Waals surface area contributed by atoms with Crippen molar-refractivity contribution in [3.05, 3.63) is 86.3 Å². The molecule has 3 rings (SSSR count). The van der Waals surface area contributed by atoms with Gasteiger partial charge in [-0.25, -0.2) is 14.8 Å². The highest BCUT2D eigenvalue weighted by Gasteiger charge is 2.14. The molecule has 3 N–H and O–H groups in total. The monoisotopic (exact) mass is 393 g/mol. The maximum atomic E-state index is 12.2. The number of amides is 1. The van der Waals surface area contributed by atoms with Gasteiger partial charge in [-0.15, -0.1) is 0 Å². The van der Waals surface area contributed by atoms with E-state index in [1.54, 1.807) is 12.1 Å². The minimum atomic E-state index is -0.829. The number of hydrazone groups is 1.